The number of nitrogens with one attached hydrogen (secondary N) is 2. The van der Waals surface area contributed by atoms with E-state index in [1.54, 1.807) is 20.1 Å². The van der Waals surface area contributed by atoms with Crippen LogP contribution in [0.25, 0.3) is 0 Å². The summed E-state index contributed by atoms with van der Waals surface area (Å²) in [5, 5.41) is 4.70. The summed E-state index contributed by atoms with van der Waals surface area (Å²) in [6, 6.07) is 9.54. The molecule has 2 rings (SSSR count). The van der Waals surface area contributed by atoms with Gasteiger partial charge >= 0.3 is 11.8 Å². The molecule has 0 aliphatic rings. The van der Waals surface area contributed by atoms with Crippen LogP contribution in [0.1, 0.15) is 12.5 Å². The molecule has 0 aliphatic carbocycles. The van der Waals surface area contributed by atoms with Crippen molar-refractivity contribution >= 4 is 17.5 Å². The minimum atomic E-state index is -0.998. The number of rotatable bonds is 5. The average Bonchev–Trinajstić information content (AvgIpc) is 2.53. The van der Waals surface area contributed by atoms with Gasteiger partial charge in [0.1, 0.15) is 17.4 Å². The molecule has 1 atom stereocenters. The van der Waals surface area contributed by atoms with Crippen LogP contribution in [0.15, 0.2) is 42.5 Å². The zero-order chi connectivity index (χ0) is 18.4. The van der Waals surface area contributed by atoms with Crippen LogP contribution in [0.2, 0.25) is 0 Å². The van der Waals surface area contributed by atoms with Gasteiger partial charge < -0.3 is 15.4 Å². The Bertz CT molecular complexity index is 760. The molecule has 25 heavy (non-hydrogen) atoms. The molecule has 0 saturated heterocycles. The van der Waals surface area contributed by atoms with Gasteiger partial charge in [0.15, 0.2) is 0 Å². The predicted molar refractivity (Wildman–Crippen MR) is 89.3 cm³/mol. The molecule has 0 fully saturated rings. The first-order valence-corrected chi connectivity index (χ1v) is 7.58. The molecule has 0 unspecified atom stereocenters. The zero-order valence-electron chi connectivity index (χ0n) is 13.8. The summed E-state index contributed by atoms with van der Waals surface area (Å²) >= 11 is 0. The van der Waals surface area contributed by atoms with Gasteiger partial charge in [0, 0.05) is 17.8 Å². The summed E-state index contributed by atoms with van der Waals surface area (Å²) in [6.45, 7) is 1.74. The number of halogens is 2. The summed E-state index contributed by atoms with van der Waals surface area (Å²) < 4.78 is 31.3. The van der Waals surface area contributed by atoms with Gasteiger partial charge in [0.25, 0.3) is 0 Å². The largest absolute Gasteiger partial charge is 0.497 e. The molecule has 2 N–H and O–H groups in total. The number of carbonyl (C=O) groups excluding carboxylic acids is 2. The lowest BCUT2D eigenvalue weighted by molar-refractivity contribution is -0.136. The topological polar surface area (TPSA) is 67.4 Å². The molecule has 5 nitrogen and oxygen atoms in total. The van der Waals surface area contributed by atoms with Crippen molar-refractivity contribution in [1.82, 2.24) is 5.32 Å². The second-order valence-electron chi connectivity index (χ2n) is 5.54. The lowest BCUT2D eigenvalue weighted by Gasteiger charge is -2.14. The highest BCUT2D eigenvalue weighted by Gasteiger charge is 2.17. The molecule has 0 aromatic heterocycles. The summed E-state index contributed by atoms with van der Waals surface area (Å²) in [5.41, 5.74) is 0.804. The van der Waals surface area contributed by atoms with E-state index in [4.69, 9.17) is 4.74 Å². The Morgan fingerprint density at radius 1 is 1.08 bits per heavy atom. The normalized spacial score (nSPS) is 11.5. The van der Waals surface area contributed by atoms with Crippen LogP contribution in [0.5, 0.6) is 5.75 Å². The Morgan fingerprint density at radius 3 is 2.40 bits per heavy atom. The molecule has 0 heterocycles. The number of carbonyl (C=O) groups is 2. The Hall–Kier alpha value is -2.96. The zero-order valence-corrected chi connectivity index (χ0v) is 13.8. The molecule has 2 aromatic rings. The van der Waals surface area contributed by atoms with Crippen LogP contribution in [0.3, 0.4) is 0 Å². The molecular weight excluding hydrogens is 330 g/mol. The van der Waals surface area contributed by atoms with E-state index in [-0.39, 0.29) is 11.7 Å². The third kappa shape index (κ3) is 5.56. The van der Waals surface area contributed by atoms with E-state index < -0.39 is 23.4 Å². The van der Waals surface area contributed by atoms with Crippen molar-refractivity contribution < 1.29 is 23.1 Å². The molecule has 2 aromatic carbocycles. The molecule has 132 valence electrons. The number of anilines is 1. The third-order valence-corrected chi connectivity index (χ3v) is 3.38. The monoisotopic (exact) mass is 348 g/mol. The van der Waals surface area contributed by atoms with Gasteiger partial charge in [-0.05, 0) is 43.2 Å². The van der Waals surface area contributed by atoms with Crippen LogP contribution in [0, 0.1) is 11.6 Å². The van der Waals surface area contributed by atoms with Crippen molar-refractivity contribution in [2.75, 3.05) is 12.4 Å². The Kier molecular flexibility index (Phi) is 6.05. The van der Waals surface area contributed by atoms with E-state index >= 15 is 0 Å². The van der Waals surface area contributed by atoms with Crippen LogP contribution >= 0.6 is 0 Å². The van der Waals surface area contributed by atoms with Gasteiger partial charge in [-0.15, -0.1) is 0 Å². The number of hydrogen-bond donors (Lipinski definition) is 2. The minimum Gasteiger partial charge on any atom is -0.497 e. The number of benzene rings is 2. The van der Waals surface area contributed by atoms with Gasteiger partial charge in [0.05, 0.1) is 7.11 Å². The first-order chi connectivity index (χ1) is 11.9. The molecule has 2 amide bonds. The SMILES string of the molecule is COc1cccc(C[C@@H](C)NC(=O)C(=O)Nc2cc(F)cc(F)c2)c1. The molecule has 0 spiro atoms. The smallest absolute Gasteiger partial charge is 0.313 e. The first kappa shape index (κ1) is 18.4. The standard InChI is InChI=1S/C18H18F2N2O3/c1-11(6-12-4-3-5-16(7-12)25-2)21-17(23)18(24)22-15-9-13(19)8-14(20)10-15/h3-5,7-11H,6H2,1-2H3,(H,21,23)(H,22,24)/t11-/m1/s1. The summed E-state index contributed by atoms with van der Waals surface area (Å²) in [6.07, 6.45) is 0.491. The molecule has 7 heteroatoms. The number of ether oxygens (including phenoxy) is 1. The van der Waals surface area contributed by atoms with Crippen molar-refractivity contribution in [3.05, 3.63) is 59.7 Å². The molecule has 0 saturated carbocycles. The van der Waals surface area contributed by atoms with E-state index in [2.05, 4.69) is 10.6 Å². The number of hydrogen-bond acceptors (Lipinski definition) is 3. The molecular formula is C18H18F2N2O3. The molecule has 0 radical (unpaired) electrons. The van der Waals surface area contributed by atoms with E-state index in [9.17, 15) is 18.4 Å². The van der Waals surface area contributed by atoms with Crippen molar-refractivity contribution in [2.45, 2.75) is 19.4 Å². The fourth-order valence-electron chi connectivity index (χ4n) is 2.31. The van der Waals surface area contributed by atoms with E-state index in [1.807, 2.05) is 18.2 Å². The van der Waals surface area contributed by atoms with Crippen molar-refractivity contribution in [3.63, 3.8) is 0 Å². The Labute approximate surface area is 144 Å². The van der Waals surface area contributed by atoms with Gasteiger partial charge in [-0.2, -0.15) is 0 Å². The van der Waals surface area contributed by atoms with Gasteiger partial charge in [-0.25, -0.2) is 8.78 Å². The second-order valence-corrected chi connectivity index (χ2v) is 5.54. The summed E-state index contributed by atoms with van der Waals surface area (Å²) in [5.74, 6) is -2.88. The minimum absolute atomic E-state index is 0.127. The fraction of sp³-hybridized carbons (Fsp3) is 0.222. The van der Waals surface area contributed by atoms with Gasteiger partial charge in [0.2, 0.25) is 0 Å². The Balaban J connectivity index is 1.92. The highest BCUT2D eigenvalue weighted by atomic mass is 19.1. The maximum atomic E-state index is 13.1. The van der Waals surface area contributed by atoms with E-state index in [0.29, 0.717) is 18.2 Å². The second kappa shape index (κ2) is 8.23. The maximum Gasteiger partial charge on any atom is 0.313 e. The predicted octanol–water partition coefficient (Wildman–Crippen LogP) is 2.66. The maximum absolute atomic E-state index is 13.1. The highest BCUT2D eigenvalue weighted by molar-refractivity contribution is 6.39. The molecule has 0 bridgehead atoms. The van der Waals surface area contributed by atoms with Crippen LogP contribution in [0.4, 0.5) is 14.5 Å². The quantitative estimate of drug-likeness (QED) is 0.817. The van der Waals surface area contributed by atoms with Crippen molar-refractivity contribution in [3.8, 4) is 5.75 Å². The average molecular weight is 348 g/mol. The molecule has 0 aliphatic heterocycles. The van der Waals surface area contributed by atoms with Gasteiger partial charge in [-0.1, -0.05) is 12.1 Å². The highest BCUT2D eigenvalue weighted by Crippen LogP contribution is 2.14. The Morgan fingerprint density at radius 2 is 1.76 bits per heavy atom. The summed E-state index contributed by atoms with van der Waals surface area (Å²) in [4.78, 5) is 23.7. The lowest BCUT2D eigenvalue weighted by atomic mass is 10.1. The number of methoxy groups -OCH3 is 1. The number of amides is 2. The van der Waals surface area contributed by atoms with Crippen molar-refractivity contribution in [1.29, 1.82) is 0 Å². The van der Waals surface area contributed by atoms with Crippen LogP contribution < -0.4 is 15.4 Å². The third-order valence-electron chi connectivity index (χ3n) is 3.38. The lowest BCUT2D eigenvalue weighted by Crippen LogP contribution is -2.41. The summed E-state index contributed by atoms with van der Waals surface area (Å²) in [7, 11) is 1.56. The van der Waals surface area contributed by atoms with Crippen LogP contribution in [-0.2, 0) is 16.0 Å². The van der Waals surface area contributed by atoms with E-state index in [1.165, 1.54) is 0 Å². The fourth-order valence-corrected chi connectivity index (χ4v) is 2.31. The van der Waals surface area contributed by atoms with Gasteiger partial charge in [-0.3, -0.25) is 9.59 Å². The first-order valence-electron chi connectivity index (χ1n) is 7.58. The van der Waals surface area contributed by atoms with Crippen LogP contribution in [-0.4, -0.2) is 25.0 Å². The van der Waals surface area contributed by atoms with E-state index in [0.717, 1.165) is 17.7 Å². The van der Waals surface area contributed by atoms with Crippen molar-refractivity contribution in [2.24, 2.45) is 0 Å².